The van der Waals surface area contributed by atoms with Gasteiger partial charge in [0.25, 0.3) is 0 Å². The van der Waals surface area contributed by atoms with Crippen molar-refractivity contribution in [2.45, 2.75) is 29.6 Å². The molecule has 1 heterocycles. The van der Waals surface area contributed by atoms with Crippen LogP contribution in [0, 0.1) is 0 Å². The first-order chi connectivity index (χ1) is 15.0. The largest absolute Gasteiger partial charge is 0.478 e. The van der Waals surface area contributed by atoms with Crippen molar-refractivity contribution in [1.82, 2.24) is 4.90 Å². The third kappa shape index (κ3) is 4.28. The topological polar surface area (TPSA) is 40.5 Å². The fourth-order valence-electron chi connectivity index (χ4n) is 3.63. The predicted octanol–water partition coefficient (Wildman–Crippen LogP) is 6.67. The van der Waals surface area contributed by atoms with E-state index in [-0.39, 0.29) is 5.56 Å². The Bertz CT molecular complexity index is 1170. The summed E-state index contributed by atoms with van der Waals surface area (Å²) in [5, 5.41) is 9.63. The molecule has 3 aromatic carbocycles. The molecular formula is C25H21NO2S3. The maximum Gasteiger partial charge on any atom is 0.336 e. The molecule has 0 aromatic heterocycles. The van der Waals surface area contributed by atoms with Crippen molar-refractivity contribution >= 4 is 52.1 Å². The van der Waals surface area contributed by atoms with Gasteiger partial charge in [-0.25, -0.2) is 4.79 Å². The lowest BCUT2D eigenvalue weighted by Gasteiger charge is -2.17. The van der Waals surface area contributed by atoms with Crippen LogP contribution in [0.2, 0.25) is 0 Å². The maximum absolute atomic E-state index is 11.8. The average molecular weight is 464 g/mol. The van der Waals surface area contributed by atoms with Crippen molar-refractivity contribution in [1.29, 1.82) is 0 Å². The SMILES string of the molecule is CCCCN1C(=S)c2cc(-c3ccccc3)cc(Sc3ccccc3C(=O)O)c2C1=S. The van der Waals surface area contributed by atoms with Gasteiger partial charge in [-0.1, -0.05) is 92.0 Å². The molecule has 0 bridgehead atoms. The molecule has 0 atom stereocenters. The Hall–Kier alpha value is -2.54. The van der Waals surface area contributed by atoms with Crippen molar-refractivity contribution in [3.8, 4) is 11.1 Å². The van der Waals surface area contributed by atoms with E-state index in [0.29, 0.717) is 4.90 Å². The Kier molecular flexibility index (Phi) is 6.51. The number of rotatable bonds is 7. The van der Waals surface area contributed by atoms with E-state index in [9.17, 15) is 9.90 Å². The Morgan fingerprint density at radius 3 is 2.35 bits per heavy atom. The van der Waals surface area contributed by atoms with Gasteiger partial charge >= 0.3 is 5.97 Å². The molecule has 0 unspecified atom stereocenters. The van der Waals surface area contributed by atoms with Crippen LogP contribution in [0.1, 0.15) is 41.3 Å². The minimum atomic E-state index is -0.943. The number of benzene rings is 3. The molecule has 1 aliphatic rings. The summed E-state index contributed by atoms with van der Waals surface area (Å²) in [7, 11) is 0. The minimum Gasteiger partial charge on any atom is -0.478 e. The Morgan fingerprint density at radius 2 is 1.65 bits per heavy atom. The summed E-state index contributed by atoms with van der Waals surface area (Å²) in [5.41, 5.74) is 4.28. The van der Waals surface area contributed by atoms with Gasteiger partial charge in [0.2, 0.25) is 0 Å². The second kappa shape index (κ2) is 9.30. The smallest absolute Gasteiger partial charge is 0.336 e. The van der Waals surface area contributed by atoms with Crippen LogP contribution in [0.3, 0.4) is 0 Å². The van der Waals surface area contributed by atoms with Crippen molar-refractivity contribution in [3.05, 3.63) is 83.4 Å². The molecule has 1 N–H and O–H groups in total. The number of carboxylic acid groups (broad SMARTS) is 1. The van der Waals surface area contributed by atoms with Gasteiger partial charge in [-0.2, -0.15) is 0 Å². The molecule has 0 radical (unpaired) electrons. The van der Waals surface area contributed by atoms with Gasteiger partial charge in [-0.15, -0.1) is 0 Å². The van der Waals surface area contributed by atoms with Crippen LogP contribution in [0.4, 0.5) is 0 Å². The molecule has 0 amide bonds. The van der Waals surface area contributed by atoms with Gasteiger partial charge in [0.15, 0.2) is 0 Å². The van der Waals surface area contributed by atoms with Crippen LogP contribution in [-0.2, 0) is 0 Å². The number of thiocarbonyl (C=S) groups is 2. The van der Waals surface area contributed by atoms with Crippen LogP contribution < -0.4 is 0 Å². The molecule has 4 rings (SSSR count). The molecule has 0 aliphatic carbocycles. The van der Waals surface area contributed by atoms with Crippen LogP contribution in [0.25, 0.3) is 11.1 Å². The summed E-state index contributed by atoms with van der Waals surface area (Å²) in [6, 6.07) is 21.4. The van der Waals surface area contributed by atoms with Gasteiger partial charge in [-0.3, -0.25) is 0 Å². The summed E-state index contributed by atoms with van der Waals surface area (Å²) < 4.78 is 0. The van der Waals surface area contributed by atoms with Gasteiger partial charge in [0.05, 0.1) is 5.56 Å². The Balaban J connectivity index is 1.86. The first-order valence-electron chi connectivity index (χ1n) is 10.1. The number of fused-ring (bicyclic) bond motifs is 1. The van der Waals surface area contributed by atoms with E-state index < -0.39 is 5.97 Å². The normalized spacial score (nSPS) is 12.9. The second-order valence-electron chi connectivity index (χ2n) is 7.28. The first kappa shape index (κ1) is 21.7. The predicted molar refractivity (Wildman–Crippen MR) is 134 cm³/mol. The number of hydrogen-bond acceptors (Lipinski definition) is 4. The van der Waals surface area contributed by atoms with Gasteiger partial charge in [0.1, 0.15) is 9.98 Å². The number of carboxylic acids is 1. The molecule has 31 heavy (non-hydrogen) atoms. The zero-order valence-corrected chi connectivity index (χ0v) is 19.4. The molecule has 3 nitrogen and oxygen atoms in total. The zero-order chi connectivity index (χ0) is 22.0. The number of aromatic carboxylic acids is 1. The lowest BCUT2D eigenvalue weighted by atomic mass is 10.0. The average Bonchev–Trinajstić information content (AvgIpc) is 3.03. The number of carbonyl (C=O) groups is 1. The van der Waals surface area contributed by atoms with Crippen LogP contribution in [0.15, 0.2) is 76.5 Å². The summed E-state index contributed by atoms with van der Waals surface area (Å²) in [6.07, 6.45) is 2.06. The quantitative estimate of drug-likeness (QED) is 0.395. The highest BCUT2D eigenvalue weighted by atomic mass is 32.2. The van der Waals surface area contributed by atoms with E-state index in [1.54, 1.807) is 12.1 Å². The highest BCUT2D eigenvalue weighted by Gasteiger charge is 2.32. The summed E-state index contributed by atoms with van der Waals surface area (Å²) in [4.78, 5) is 16.9. The standard InChI is InChI=1S/C25H21NO2S3/c1-2-3-13-26-23(29)19-14-17(16-9-5-4-6-10-16)15-21(22(19)24(26)30)31-20-12-8-7-11-18(20)25(27)28/h4-12,14-15H,2-3,13H2,1H3,(H,27,28). The molecular weight excluding hydrogens is 442 g/mol. The van der Waals surface area contributed by atoms with Crippen LogP contribution in [0.5, 0.6) is 0 Å². The fourth-order valence-corrected chi connectivity index (χ4v) is 5.64. The molecule has 1 aliphatic heterocycles. The van der Waals surface area contributed by atoms with E-state index in [1.165, 1.54) is 11.8 Å². The number of unbranched alkanes of at least 4 members (excludes halogenated alkanes) is 1. The monoisotopic (exact) mass is 463 g/mol. The van der Waals surface area contributed by atoms with Crippen molar-refractivity contribution in [2.75, 3.05) is 6.54 Å². The summed E-state index contributed by atoms with van der Waals surface area (Å²) in [5.74, 6) is -0.943. The van der Waals surface area contributed by atoms with E-state index in [4.69, 9.17) is 24.4 Å². The molecule has 0 fully saturated rings. The van der Waals surface area contributed by atoms with Gasteiger partial charge < -0.3 is 10.0 Å². The van der Waals surface area contributed by atoms with E-state index in [1.807, 2.05) is 35.2 Å². The van der Waals surface area contributed by atoms with Gasteiger partial charge in [0, 0.05) is 27.5 Å². The first-order valence-corrected chi connectivity index (χ1v) is 11.7. The van der Waals surface area contributed by atoms with Crippen LogP contribution >= 0.6 is 36.2 Å². The molecule has 0 spiro atoms. The van der Waals surface area contributed by atoms with E-state index in [0.717, 1.165) is 56.5 Å². The van der Waals surface area contributed by atoms with E-state index >= 15 is 0 Å². The zero-order valence-electron chi connectivity index (χ0n) is 17.0. The third-order valence-electron chi connectivity index (χ3n) is 5.22. The number of nitrogens with zero attached hydrogens (tertiary/aromatic N) is 1. The Labute approximate surface area is 197 Å². The van der Waals surface area contributed by atoms with Crippen molar-refractivity contribution in [2.24, 2.45) is 0 Å². The second-order valence-corrected chi connectivity index (χ2v) is 9.14. The highest BCUT2D eigenvalue weighted by molar-refractivity contribution is 7.99. The maximum atomic E-state index is 11.8. The molecule has 0 saturated heterocycles. The highest BCUT2D eigenvalue weighted by Crippen LogP contribution is 2.41. The molecule has 3 aromatic rings. The molecule has 6 heteroatoms. The lowest BCUT2D eigenvalue weighted by molar-refractivity contribution is 0.0693. The minimum absolute atomic E-state index is 0.278. The summed E-state index contributed by atoms with van der Waals surface area (Å²) in [6.45, 7) is 2.94. The van der Waals surface area contributed by atoms with Crippen LogP contribution in [-0.4, -0.2) is 32.5 Å². The van der Waals surface area contributed by atoms with Crippen molar-refractivity contribution < 1.29 is 9.90 Å². The third-order valence-corrected chi connectivity index (χ3v) is 7.20. The van der Waals surface area contributed by atoms with Crippen molar-refractivity contribution in [3.63, 3.8) is 0 Å². The molecule has 0 saturated carbocycles. The number of hydrogen-bond donors (Lipinski definition) is 1. The Morgan fingerprint density at radius 1 is 0.935 bits per heavy atom. The van der Waals surface area contributed by atoms with Gasteiger partial charge in [-0.05, 0) is 41.8 Å². The molecule has 156 valence electrons. The fraction of sp³-hybridized carbons (Fsp3) is 0.160. The van der Waals surface area contributed by atoms with E-state index in [2.05, 4.69) is 31.2 Å². The lowest BCUT2D eigenvalue weighted by Crippen LogP contribution is -2.29. The summed E-state index contributed by atoms with van der Waals surface area (Å²) >= 11 is 13.1.